The smallest absolute Gasteiger partial charge is 0.296 e. The Hall–Kier alpha value is -1.93. The Balaban J connectivity index is 2.13. The largest absolute Gasteiger partial charge is 0.493 e. The van der Waals surface area contributed by atoms with Crippen LogP contribution in [-0.2, 0) is 0 Å². The molecule has 1 aromatic heterocycles. The van der Waals surface area contributed by atoms with Crippen molar-refractivity contribution in [2.45, 2.75) is 18.4 Å². The summed E-state index contributed by atoms with van der Waals surface area (Å²) >= 11 is 6.18. The van der Waals surface area contributed by atoms with Crippen molar-refractivity contribution >= 4 is 22.5 Å². The Kier molecular flexibility index (Phi) is 4.83. The highest BCUT2D eigenvalue weighted by Crippen LogP contribution is 2.46. The lowest BCUT2D eigenvalue weighted by molar-refractivity contribution is -0.135. The highest BCUT2D eigenvalue weighted by atomic mass is 35.5. The average Bonchev–Trinajstić information content (AvgIpc) is 2.56. The summed E-state index contributed by atoms with van der Waals surface area (Å²) in [4.78, 5) is 9.61. The second-order valence-electron chi connectivity index (χ2n) is 5.89. The zero-order valence-electron chi connectivity index (χ0n) is 14.1. The number of halogens is 3. The molecular weight excluding hydrogens is 356 g/mol. The number of fused-ring (bicyclic) bond motifs is 1. The summed E-state index contributed by atoms with van der Waals surface area (Å²) in [6.07, 6.45) is 0.130. The Morgan fingerprint density at radius 2 is 2.00 bits per heavy atom. The fourth-order valence-electron chi connectivity index (χ4n) is 2.95. The molecular formula is C16H18ClF2N3O3. The lowest BCUT2D eigenvalue weighted by Crippen LogP contribution is -2.52. The summed E-state index contributed by atoms with van der Waals surface area (Å²) in [6, 6.07) is 1.60. The Morgan fingerprint density at radius 3 is 2.64 bits per heavy atom. The van der Waals surface area contributed by atoms with Gasteiger partial charge in [-0.15, -0.1) is 0 Å². The maximum atomic E-state index is 14.4. The fraction of sp³-hybridized carbons (Fsp3) is 0.500. The first-order valence-electron chi connectivity index (χ1n) is 7.65. The molecule has 2 heterocycles. The van der Waals surface area contributed by atoms with E-state index in [4.69, 9.17) is 25.8 Å². The van der Waals surface area contributed by atoms with E-state index in [1.54, 1.807) is 18.0 Å². The van der Waals surface area contributed by atoms with Crippen molar-refractivity contribution in [3.8, 4) is 17.2 Å². The minimum Gasteiger partial charge on any atom is -0.493 e. The van der Waals surface area contributed by atoms with Crippen LogP contribution in [0.3, 0.4) is 0 Å². The Morgan fingerprint density at radius 1 is 1.24 bits per heavy atom. The minimum absolute atomic E-state index is 0.0664. The van der Waals surface area contributed by atoms with Gasteiger partial charge in [-0.3, -0.25) is 0 Å². The number of aromatic nitrogens is 2. The van der Waals surface area contributed by atoms with Crippen LogP contribution in [0.25, 0.3) is 10.9 Å². The number of hydrogen-bond donors (Lipinski definition) is 0. The molecule has 9 heteroatoms. The minimum atomic E-state index is -3.02. The quantitative estimate of drug-likeness (QED) is 0.768. The number of piperidine rings is 1. The summed E-state index contributed by atoms with van der Waals surface area (Å²) in [6.45, 7) is 0.112. The number of likely N-dealkylation sites (tertiary alicyclic amines) is 1. The van der Waals surface area contributed by atoms with Crippen LogP contribution in [0.1, 0.15) is 6.42 Å². The molecule has 0 aliphatic carbocycles. The molecule has 1 aromatic carbocycles. The summed E-state index contributed by atoms with van der Waals surface area (Å²) in [5.41, 5.74) is 0.420. The summed E-state index contributed by atoms with van der Waals surface area (Å²) < 4.78 is 45.2. The molecule has 0 radical (unpaired) electrons. The third kappa shape index (κ3) is 3.28. The topological polar surface area (TPSA) is 56.7 Å². The van der Waals surface area contributed by atoms with Crippen LogP contribution in [0, 0.1) is 0 Å². The second-order valence-corrected chi connectivity index (χ2v) is 6.25. The highest BCUT2D eigenvalue weighted by Gasteiger charge is 2.46. The van der Waals surface area contributed by atoms with E-state index in [1.807, 2.05) is 0 Å². The van der Waals surface area contributed by atoms with Crippen molar-refractivity contribution in [2.75, 3.05) is 34.4 Å². The number of alkyl halides is 2. The van der Waals surface area contributed by atoms with Crippen molar-refractivity contribution in [1.29, 1.82) is 0 Å². The molecule has 6 nitrogen and oxygen atoms in total. The van der Waals surface area contributed by atoms with Gasteiger partial charge in [-0.2, -0.15) is 0 Å². The van der Waals surface area contributed by atoms with E-state index in [0.717, 1.165) is 0 Å². The summed E-state index contributed by atoms with van der Waals surface area (Å²) in [5.74, 6) is -2.45. The Bertz CT molecular complexity index is 791. The van der Waals surface area contributed by atoms with Crippen LogP contribution in [0.5, 0.6) is 17.2 Å². The number of ether oxygens (including phenoxy) is 3. The number of methoxy groups -OCH3 is 2. The molecule has 2 aromatic rings. The molecule has 25 heavy (non-hydrogen) atoms. The summed E-state index contributed by atoms with van der Waals surface area (Å²) in [7, 11) is 4.50. The van der Waals surface area contributed by atoms with E-state index in [-0.39, 0.29) is 29.6 Å². The summed E-state index contributed by atoms with van der Waals surface area (Å²) in [5, 5.41) is 0.411. The van der Waals surface area contributed by atoms with Crippen LogP contribution >= 0.6 is 11.6 Å². The number of nitrogens with zero attached hydrogens (tertiary/aromatic N) is 3. The van der Waals surface area contributed by atoms with Gasteiger partial charge in [-0.25, -0.2) is 18.7 Å². The lowest BCUT2D eigenvalue weighted by Gasteiger charge is -2.36. The van der Waals surface area contributed by atoms with E-state index < -0.39 is 12.0 Å². The zero-order valence-corrected chi connectivity index (χ0v) is 14.8. The fourth-order valence-corrected chi connectivity index (χ4v) is 3.17. The number of rotatable bonds is 4. The van der Waals surface area contributed by atoms with Gasteiger partial charge >= 0.3 is 0 Å². The molecule has 0 amide bonds. The van der Waals surface area contributed by atoms with Gasteiger partial charge in [0.25, 0.3) is 5.92 Å². The molecule has 1 aliphatic rings. The first kappa shape index (κ1) is 17.9. The standard InChI is InChI=1S/C16H18ClF2N3O3/c1-22-5-4-11(16(18,19)7-22)25-14-12-9(20-8-21-15(12)17)6-10(23-2)13(14)24-3/h6,8,11H,4-5,7H2,1-3H3/t11-/m1/s1. The van der Waals surface area contributed by atoms with Crippen molar-refractivity contribution in [3.05, 3.63) is 17.5 Å². The van der Waals surface area contributed by atoms with Crippen LogP contribution in [-0.4, -0.2) is 61.3 Å². The number of benzene rings is 1. The van der Waals surface area contributed by atoms with Crippen LogP contribution in [0.4, 0.5) is 8.78 Å². The van der Waals surface area contributed by atoms with E-state index in [2.05, 4.69) is 9.97 Å². The first-order chi connectivity index (χ1) is 11.9. The van der Waals surface area contributed by atoms with E-state index in [0.29, 0.717) is 23.2 Å². The van der Waals surface area contributed by atoms with Gasteiger partial charge in [-0.1, -0.05) is 11.6 Å². The SMILES string of the molecule is COc1cc2ncnc(Cl)c2c(O[C@@H]2CCN(C)CC2(F)F)c1OC. The van der Waals surface area contributed by atoms with Gasteiger partial charge in [0.15, 0.2) is 17.6 Å². The Labute approximate surface area is 148 Å². The average molecular weight is 374 g/mol. The maximum absolute atomic E-state index is 14.4. The van der Waals surface area contributed by atoms with Gasteiger partial charge < -0.3 is 19.1 Å². The highest BCUT2D eigenvalue weighted by molar-refractivity contribution is 6.34. The van der Waals surface area contributed by atoms with Gasteiger partial charge in [0.1, 0.15) is 11.5 Å². The van der Waals surface area contributed by atoms with Crippen LogP contribution in [0.2, 0.25) is 5.15 Å². The van der Waals surface area contributed by atoms with Crippen molar-refractivity contribution < 1.29 is 23.0 Å². The monoisotopic (exact) mass is 373 g/mol. The van der Waals surface area contributed by atoms with Gasteiger partial charge in [0, 0.05) is 19.0 Å². The van der Waals surface area contributed by atoms with E-state index >= 15 is 0 Å². The molecule has 0 unspecified atom stereocenters. The van der Waals surface area contributed by atoms with E-state index in [9.17, 15) is 8.78 Å². The van der Waals surface area contributed by atoms with E-state index in [1.165, 1.54) is 20.5 Å². The van der Waals surface area contributed by atoms with Crippen molar-refractivity contribution in [3.63, 3.8) is 0 Å². The molecule has 0 N–H and O–H groups in total. The molecule has 136 valence electrons. The van der Waals surface area contributed by atoms with Gasteiger partial charge in [-0.05, 0) is 7.05 Å². The van der Waals surface area contributed by atoms with Gasteiger partial charge in [0.05, 0.1) is 31.7 Å². The lowest BCUT2D eigenvalue weighted by atomic mass is 10.0. The molecule has 0 spiro atoms. The third-order valence-electron chi connectivity index (χ3n) is 4.16. The zero-order chi connectivity index (χ0) is 18.2. The normalized spacial score (nSPS) is 20.5. The van der Waals surface area contributed by atoms with Crippen molar-refractivity contribution in [2.24, 2.45) is 0 Å². The molecule has 1 fully saturated rings. The van der Waals surface area contributed by atoms with Crippen molar-refractivity contribution in [1.82, 2.24) is 14.9 Å². The second kappa shape index (κ2) is 6.76. The van der Waals surface area contributed by atoms with Crippen LogP contribution in [0.15, 0.2) is 12.4 Å². The van der Waals surface area contributed by atoms with Gasteiger partial charge in [0.2, 0.25) is 5.75 Å². The maximum Gasteiger partial charge on any atom is 0.296 e. The molecule has 1 atom stereocenters. The molecule has 1 saturated heterocycles. The molecule has 0 bridgehead atoms. The van der Waals surface area contributed by atoms with Crippen LogP contribution < -0.4 is 14.2 Å². The molecule has 1 aliphatic heterocycles. The third-order valence-corrected chi connectivity index (χ3v) is 4.45. The number of hydrogen-bond acceptors (Lipinski definition) is 6. The predicted octanol–water partition coefficient (Wildman–Crippen LogP) is 3.02. The molecule has 3 rings (SSSR count). The predicted molar refractivity (Wildman–Crippen MR) is 89.1 cm³/mol. The molecule has 0 saturated carbocycles. The first-order valence-corrected chi connectivity index (χ1v) is 8.03.